The van der Waals surface area contributed by atoms with Gasteiger partial charge in [0, 0.05) is 37.0 Å². The standard InChI is InChI=1S/C36H43Cl2N3O2/c1-2-10-34(42)40-36(29-14-7-4-8-15-29)18-21-41(22-19-36)33(27-16-17-31(37)32(38)23-27)24-30(28-13-9-20-39-25-28)35(43)26-11-5-3-6-12-26/h3-8,11-12,14-17,23,28,30,33,39H,2,9-10,13,18-22,24-25H2,1H3,(H,40,42). The van der Waals surface area contributed by atoms with Crippen molar-refractivity contribution in [3.8, 4) is 0 Å². The first-order valence-electron chi connectivity index (χ1n) is 15.8. The summed E-state index contributed by atoms with van der Waals surface area (Å²) in [5, 5.41) is 8.03. The third kappa shape index (κ3) is 7.69. The van der Waals surface area contributed by atoms with Crippen LogP contribution in [0.3, 0.4) is 0 Å². The van der Waals surface area contributed by atoms with Crippen molar-refractivity contribution in [1.29, 1.82) is 0 Å². The summed E-state index contributed by atoms with van der Waals surface area (Å²) in [6.45, 7) is 5.44. The van der Waals surface area contributed by atoms with E-state index < -0.39 is 5.54 Å². The number of rotatable bonds is 11. The van der Waals surface area contributed by atoms with Crippen LogP contribution in [0.5, 0.6) is 0 Å². The Hall–Kier alpha value is -2.70. The van der Waals surface area contributed by atoms with Crippen molar-refractivity contribution in [2.24, 2.45) is 11.8 Å². The van der Waals surface area contributed by atoms with Gasteiger partial charge in [-0.05, 0) is 80.8 Å². The number of carbonyl (C=O) groups excluding carboxylic acids is 2. The van der Waals surface area contributed by atoms with Gasteiger partial charge in [-0.25, -0.2) is 0 Å². The number of nitrogens with one attached hydrogen (secondary N) is 2. The van der Waals surface area contributed by atoms with Crippen molar-refractivity contribution in [3.63, 3.8) is 0 Å². The lowest BCUT2D eigenvalue weighted by Gasteiger charge is -2.46. The molecule has 2 heterocycles. The summed E-state index contributed by atoms with van der Waals surface area (Å²) in [6.07, 6.45) is 5.70. The van der Waals surface area contributed by atoms with Crippen LogP contribution in [0.15, 0.2) is 78.9 Å². The summed E-state index contributed by atoms with van der Waals surface area (Å²) in [7, 11) is 0. The van der Waals surface area contributed by atoms with E-state index in [0.29, 0.717) is 22.9 Å². The highest BCUT2D eigenvalue weighted by molar-refractivity contribution is 6.42. The van der Waals surface area contributed by atoms with Gasteiger partial charge >= 0.3 is 0 Å². The molecule has 2 fully saturated rings. The monoisotopic (exact) mass is 619 g/mol. The zero-order chi connectivity index (χ0) is 30.2. The highest BCUT2D eigenvalue weighted by Crippen LogP contribution is 2.41. The van der Waals surface area contributed by atoms with Crippen LogP contribution < -0.4 is 10.6 Å². The fourth-order valence-corrected chi connectivity index (χ4v) is 7.33. The van der Waals surface area contributed by atoms with Gasteiger partial charge in [0.05, 0.1) is 15.6 Å². The molecule has 0 saturated carbocycles. The number of nitrogens with zero attached hydrogens (tertiary/aromatic N) is 1. The van der Waals surface area contributed by atoms with E-state index in [-0.39, 0.29) is 29.6 Å². The predicted octanol–water partition coefficient (Wildman–Crippen LogP) is 7.83. The van der Waals surface area contributed by atoms with Crippen LogP contribution in [0.2, 0.25) is 10.0 Å². The number of Topliss-reactive ketones (excluding diaryl/α,β-unsaturated/α-hetero) is 1. The van der Waals surface area contributed by atoms with Gasteiger partial charge in [0.2, 0.25) is 5.91 Å². The second-order valence-electron chi connectivity index (χ2n) is 12.2. The number of benzene rings is 3. The van der Waals surface area contributed by atoms with E-state index in [1.165, 1.54) is 0 Å². The zero-order valence-electron chi connectivity index (χ0n) is 25.0. The maximum absolute atomic E-state index is 14.1. The SMILES string of the molecule is CCCC(=O)NC1(c2ccccc2)CCN(C(CC(C(=O)c2ccccc2)C2CCCNC2)c2ccc(Cl)c(Cl)c2)CC1. The fraction of sp³-hybridized carbons (Fsp3) is 0.444. The summed E-state index contributed by atoms with van der Waals surface area (Å²) in [5.41, 5.74) is 2.58. The summed E-state index contributed by atoms with van der Waals surface area (Å²) < 4.78 is 0. The molecule has 3 aromatic rings. The van der Waals surface area contributed by atoms with Crippen molar-refractivity contribution < 1.29 is 9.59 Å². The Bertz CT molecular complexity index is 1350. The molecule has 2 aliphatic heterocycles. The van der Waals surface area contributed by atoms with Gasteiger partial charge in [-0.15, -0.1) is 0 Å². The smallest absolute Gasteiger partial charge is 0.220 e. The molecular formula is C36H43Cl2N3O2. The van der Waals surface area contributed by atoms with Gasteiger partial charge < -0.3 is 10.6 Å². The molecule has 5 rings (SSSR count). The van der Waals surface area contributed by atoms with Gasteiger partial charge in [-0.1, -0.05) is 96.9 Å². The minimum Gasteiger partial charge on any atom is -0.346 e. The number of carbonyl (C=O) groups is 2. The van der Waals surface area contributed by atoms with E-state index in [1.807, 2.05) is 67.6 Å². The average molecular weight is 621 g/mol. The van der Waals surface area contributed by atoms with Crippen LogP contribution in [0.25, 0.3) is 0 Å². The fourth-order valence-electron chi connectivity index (χ4n) is 7.03. The second kappa shape index (κ2) is 14.9. The van der Waals surface area contributed by atoms with Crippen LogP contribution in [0.1, 0.15) is 79.4 Å². The number of hydrogen-bond donors (Lipinski definition) is 2. The number of halogens is 2. The first-order chi connectivity index (χ1) is 20.9. The molecule has 3 aromatic carbocycles. The number of amides is 1. The van der Waals surface area contributed by atoms with Crippen molar-refractivity contribution in [3.05, 3.63) is 106 Å². The number of ketones is 1. The van der Waals surface area contributed by atoms with E-state index in [1.54, 1.807) is 0 Å². The second-order valence-corrected chi connectivity index (χ2v) is 13.0. The van der Waals surface area contributed by atoms with Crippen molar-refractivity contribution in [1.82, 2.24) is 15.5 Å². The zero-order valence-corrected chi connectivity index (χ0v) is 26.5. The number of hydrogen-bond acceptors (Lipinski definition) is 4. The minimum atomic E-state index is -0.418. The minimum absolute atomic E-state index is 0.0190. The molecular weight excluding hydrogens is 577 g/mol. The van der Waals surface area contributed by atoms with Crippen LogP contribution in [-0.2, 0) is 10.3 Å². The molecule has 7 heteroatoms. The van der Waals surface area contributed by atoms with Crippen molar-refractivity contribution >= 4 is 34.9 Å². The molecule has 0 bridgehead atoms. The van der Waals surface area contributed by atoms with E-state index >= 15 is 0 Å². The Labute approximate surface area is 266 Å². The Kier molecular flexibility index (Phi) is 11.0. The molecule has 3 atom stereocenters. The molecule has 0 radical (unpaired) electrons. The molecule has 0 aromatic heterocycles. The molecule has 2 aliphatic rings. The molecule has 228 valence electrons. The molecule has 3 unspecified atom stereocenters. The molecule has 0 spiro atoms. The predicted molar refractivity (Wildman–Crippen MR) is 176 cm³/mol. The lowest BCUT2D eigenvalue weighted by Crippen LogP contribution is -2.53. The lowest BCUT2D eigenvalue weighted by molar-refractivity contribution is -0.124. The van der Waals surface area contributed by atoms with Crippen LogP contribution in [0, 0.1) is 11.8 Å². The largest absolute Gasteiger partial charge is 0.346 e. The molecule has 5 nitrogen and oxygen atoms in total. The Morgan fingerprint density at radius 1 is 0.977 bits per heavy atom. The third-order valence-electron chi connectivity index (χ3n) is 9.38. The molecule has 0 aliphatic carbocycles. The number of piperidine rings is 2. The van der Waals surface area contributed by atoms with Crippen LogP contribution in [0.4, 0.5) is 0 Å². The number of likely N-dealkylation sites (tertiary alicyclic amines) is 1. The summed E-state index contributed by atoms with van der Waals surface area (Å²) in [4.78, 5) is 29.6. The Balaban J connectivity index is 1.46. The van der Waals surface area contributed by atoms with Crippen molar-refractivity contribution in [2.45, 2.75) is 63.5 Å². The normalized spacial score (nSPS) is 20.2. The van der Waals surface area contributed by atoms with Gasteiger partial charge in [0.15, 0.2) is 5.78 Å². The molecule has 43 heavy (non-hydrogen) atoms. The highest BCUT2D eigenvalue weighted by atomic mass is 35.5. The van der Waals surface area contributed by atoms with E-state index in [9.17, 15) is 9.59 Å². The van der Waals surface area contributed by atoms with Crippen LogP contribution >= 0.6 is 23.2 Å². The van der Waals surface area contributed by atoms with Crippen molar-refractivity contribution in [2.75, 3.05) is 26.2 Å². The maximum atomic E-state index is 14.1. The maximum Gasteiger partial charge on any atom is 0.220 e. The Morgan fingerprint density at radius 3 is 2.30 bits per heavy atom. The lowest BCUT2D eigenvalue weighted by atomic mass is 9.75. The van der Waals surface area contributed by atoms with Gasteiger partial charge in [0.1, 0.15) is 0 Å². The summed E-state index contributed by atoms with van der Waals surface area (Å²) in [6, 6.07) is 26.0. The Morgan fingerprint density at radius 2 is 1.67 bits per heavy atom. The topological polar surface area (TPSA) is 61.4 Å². The first-order valence-corrected chi connectivity index (χ1v) is 16.5. The average Bonchev–Trinajstić information content (AvgIpc) is 3.05. The van der Waals surface area contributed by atoms with Gasteiger partial charge in [0.25, 0.3) is 0 Å². The summed E-state index contributed by atoms with van der Waals surface area (Å²) >= 11 is 12.9. The van der Waals surface area contributed by atoms with E-state index in [0.717, 1.165) is 75.0 Å². The van der Waals surface area contributed by atoms with Gasteiger partial charge in [-0.3, -0.25) is 14.5 Å². The third-order valence-corrected chi connectivity index (χ3v) is 10.1. The summed E-state index contributed by atoms with van der Waals surface area (Å²) in [5.74, 6) is 0.425. The molecule has 2 N–H and O–H groups in total. The highest BCUT2D eigenvalue weighted by Gasteiger charge is 2.41. The quantitative estimate of drug-likeness (QED) is 0.215. The first kappa shape index (κ1) is 31.7. The van der Waals surface area contributed by atoms with Gasteiger partial charge in [-0.2, -0.15) is 0 Å². The van der Waals surface area contributed by atoms with E-state index in [4.69, 9.17) is 23.2 Å². The molecule has 2 saturated heterocycles. The molecule has 1 amide bonds. The van der Waals surface area contributed by atoms with Crippen LogP contribution in [-0.4, -0.2) is 42.8 Å². The van der Waals surface area contributed by atoms with E-state index in [2.05, 4.69) is 33.7 Å².